The molecule has 0 aliphatic rings. The number of aromatic nitrogens is 1. The second-order valence-electron chi connectivity index (χ2n) is 6.16. The first kappa shape index (κ1) is 17.0. The molecule has 3 aromatic rings. The second-order valence-corrected chi connectivity index (χ2v) is 6.16. The first-order valence-corrected chi connectivity index (χ1v) is 8.33. The molecule has 0 N–H and O–H groups in total. The molecule has 2 heterocycles. The molecule has 25 heavy (non-hydrogen) atoms. The van der Waals surface area contributed by atoms with E-state index in [0.717, 1.165) is 16.6 Å². The lowest BCUT2D eigenvalue weighted by Gasteiger charge is -2.13. The van der Waals surface area contributed by atoms with Crippen molar-refractivity contribution in [2.24, 2.45) is 0 Å². The van der Waals surface area contributed by atoms with Crippen LogP contribution in [-0.2, 0) is 4.74 Å². The quantitative estimate of drug-likeness (QED) is 0.517. The average molecular weight is 335 g/mol. The monoisotopic (exact) mass is 335 g/mol. The van der Waals surface area contributed by atoms with E-state index in [9.17, 15) is 9.59 Å². The molecule has 0 aliphatic carbocycles. The van der Waals surface area contributed by atoms with Crippen molar-refractivity contribution < 1.29 is 14.3 Å². The lowest BCUT2D eigenvalue weighted by Crippen LogP contribution is -2.13. The summed E-state index contributed by atoms with van der Waals surface area (Å²) in [7, 11) is 0. The van der Waals surface area contributed by atoms with E-state index >= 15 is 0 Å². The number of fused-ring (bicyclic) bond motifs is 1. The first-order valence-electron chi connectivity index (χ1n) is 8.33. The van der Waals surface area contributed by atoms with E-state index in [1.54, 1.807) is 13.8 Å². The third-order valence-electron chi connectivity index (χ3n) is 4.40. The van der Waals surface area contributed by atoms with Crippen LogP contribution in [-0.4, -0.2) is 22.8 Å². The van der Waals surface area contributed by atoms with Crippen LogP contribution in [0.1, 0.15) is 45.8 Å². The van der Waals surface area contributed by atoms with Gasteiger partial charge in [0, 0.05) is 18.7 Å². The standard InChI is InChI=1S/C21H21NO3/c1-5-25-21(24)18-12-19-17(16-8-6-13(2)7-9-16)10-11-22(19)20(14(18)3)15(4)23/h6-12H,5H2,1-4H3. The highest BCUT2D eigenvalue weighted by atomic mass is 16.5. The smallest absolute Gasteiger partial charge is 0.338 e. The van der Waals surface area contributed by atoms with E-state index in [1.807, 2.05) is 53.9 Å². The van der Waals surface area contributed by atoms with Gasteiger partial charge >= 0.3 is 5.97 Å². The van der Waals surface area contributed by atoms with Crippen molar-refractivity contribution in [2.75, 3.05) is 6.61 Å². The molecule has 0 atom stereocenters. The van der Waals surface area contributed by atoms with Crippen molar-refractivity contribution in [3.63, 3.8) is 0 Å². The minimum absolute atomic E-state index is 0.0836. The molecule has 0 spiro atoms. The zero-order valence-corrected chi connectivity index (χ0v) is 14.9. The Morgan fingerprint density at radius 1 is 1.08 bits per heavy atom. The number of carbonyl (C=O) groups excluding carboxylic acids is 2. The molecule has 2 aromatic heterocycles. The fourth-order valence-electron chi connectivity index (χ4n) is 3.17. The van der Waals surface area contributed by atoms with E-state index in [2.05, 4.69) is 0 Å². The van der Waals surface area contributed by atoms with Gasteiger partial charge in [0.2, 0.25) is 0 Å². The number of ether oxygens (including phenoxy) is 1. The molecular weight excluding hydrogens is 314 g/mol. The summed E-state index contributed by atoms with van der Waals surface area (Å²) < 4.78 is 7.03. The first-order chi connectivity index (χ1) is 11.9. The topological polar surface area (TPSA) is 47.8 Å². The molecule has 0 bridgehead atoms. The Kier molecular flexibility index (Phi) is 4.45. The number of Topliss-reactive ketones (excluding diaryl/α,β-unsaturated/α-hetero) is 1. The lowest BCUT2D eigenvalue weighted by atomic mass is 10.0. The Morgan fingerprint density at radius 2 is 1.76 bits per heavy atom. The van der Waals surface area contributed by atoms with E-state index in [0.29, 0.717) is 23.4 Å². The number of rotatable bonds is 4. The van der Waals surface area contributed by atoms with Gasteiger partial charge in [0.15, 0.2) is 5.78 Å². The van der Waals surface area contributed by atoms with Crippen LogP contribution in [0, 0.1) is 13.8 Å². The third-order valence-corrected chi connectivity index (χ3v) is 4.40. The van der Waals surface area contributed by atoms with Crippen molar-refractivity contribution in [3.05, 3.63) is 65.0 Å². The van der Waals surface area contributed by atoms with E-state index in [1.165, 1.54) is 12.5 Å². The SMILES string of the molecule is CCOC(=O)c1cc2c(-c3ccc(C)cc3)ccn2c(C(C)=O)c1C. The van der Waals surface area contributed by atoms with Gasteiger partial charge in [-0.25, -0.2) is 4.79 Å². The van der Waals surface area contributed by atoms with Crippen LogP contribution in [0.4, 0.5) is 0 Å². The second kappa shape index (κ2) is 6.55. The molecule has 128 valence electrons. The number of pyridine rings is 1. The van der Waals surface area contributed by atoms with Crippen molar-refractivity contribution in [1.82, 2.24) is 4.40 Å². The van der Waals surface area contributed by atoms with E-state index in [4.69, 9.17) is 4.74 Å². The Hall–Kier alpha value is -2.88. The Balaban J connectivity index is 2.31. The summed E-state index contributed by atoms with van der Waals surface area (Å²) in [5.41, 5.74) is 5.62. The Labute approximate surface area is 147 Å². The highest BCUT2D eigenvalue weighted by molar-refractivity contribution is 6.02. The largest absolute Gasteiger partial charge is 0.462 e. The summed E-state index contributed by atoms with van der Waals surface area (Å²) >= 11 is 0. The number of ketones is 1. The summed E-state index contributed by atoms with van der Waals surface area (Å²) in [5, 5.41) is 0. The maximum absolute atomic E-state index is 12.4. The predicted octanol–water partition coefficient (Wildman–Crippen LogP) is 4.60. The molecule has 4 heteroatoms. The number of esters is 1. The van der Waals surface area contributed by atoms with Crippen molar-refractivity contribution in [2.45, 2.75) is 27.7 Å². The molecular formula is C21H21NO3. The average Bonchev–Trinajstić information content (AvgIpc) is 2.98. The van der Waals surface area contributed by atoms with Crippen LogP contribution >= 0.6 is 0 Å². The summed E-state index contributed by atoms with van der Waals surface area (Å²) in [6.45, 7) is 7.41. The molecule has 4 nitrogen and oxygen atoms in total. The van der Waals surface area contributed by atoms with Crippen LogP contribution < -0.4 is 0 Å². The van der Waals surface area contributed by atoms with Crippen LogP contribution in [0.5, 0.6) is 0 Å². The summed E-state index contributed by atoms with van der Waals surface area (Å²) in [4.78, 5) is 24.6. The van der Waals surface area contributed by atoms with Gasteiger partial charge in [-0.3, -0.25) is 4.79 Å². The van der Waals surface area contributed by atoms with Gasteiger partial charge in [-0.1, -0.05) is 29.8 Å². The molecule has 0 amide bonds. The van der Waals surface area contributed by atoms with Crippen molar-refractivity contribution in [1.29, 1.82) is 0 Å². The zero-order chi connectivity index (χ0) is 18.1. The van der Waals surface area contributed by atoms with Crippen LogP contribution in [0.25, 0.3) is 16.6 Å². The molecule has 0 saturated carbocycles. The van der Waals surface area contributed by atoms with Gasteiger partial charge in [-0.05, 0) is 44.0 Å². The van der Waals surface area contributed by atoms with Crippen molar-refractivity contribution >= 4 is 17.3 Å². The zero-order valence-electron chi connectivity index (χ0n) is 14.9. The van der Waals surface area contributed by atoms with E-state index < -0.39 is 5.97 Å². The summed E-state index contributed by atoms with van der Waals surface area (Å²) in [6.07, 6.45) is 1.88. The van der Waals surface area contributed by atoms with Crippen molar-refractivity contribution in [3.8, 4) is 11.1 Å². The van der Waals surface area contributed by atoms with Gasteiger partial charge in [-0.2, -0.15) is 0 Å². The number of carbonyl (C=O) groups is 2. The lowest BCUT2D eigenvalue weighted by molar-refractivity contribution is 0.0525. The van der Waals surface area contributed by atoms with Gasteiger partial charge < -0.3 is 9.14 Å². The highest BCUT2D eigenvalue weighted by Gasteiger charge is 2.20. The third kappa shape index (κ3) is 2.95. The minimum atomic E-state index is -0.402. The maximum Gasteiger partial charge on any atom is 0.338 e. The molecule has 3 rings (SSSR count). The summed E-state index contributed by atoms with van der Waals surface area (Å²) in [5.74, 6) is -0.485. The maximum atomic E-state index is 12.4. The van der Waals surface area contributed by atoms with Crippen LogP contribution in [0.2, 0.25) is 0 Å². The summed E-state index contributed by atoms with van der Waals surface area (Å²) in [6, 6.07) is 12.0. The molecule has 0 unspecified atom stereocenters. The normalized spacial score (nSPS) is 10.9. The van der Waals surface area contributed by atoms with Gasteiger partial charge in [0.05, 0.1) is 23.4 Å². The van der Waals surface area contributed by atoms with E-state index in [-0.39, 0.29) is 5.78 Å². The molecule has 0 saturated heterocycles. The predicted molar refractivity (Wildman–Crippen MR) is 98.3 cm³/mol. The number of nitrogens with zero attached hydrogens (tertiary/aromatic N) is 1. The highest BCUT2D eigenvalue weighted by Crippen LogP contribution is 2.30. The van der Waals surface area contributed by atoms with Gasteiger partial charge in [-0.15, -0.1) is 0 Å². The Morgan fingerprint density at radius 3 is 2.36 bits per heavy atom. The van der Waals surface area contributed by atoms with Gasteiger partial charge in [0.1, 0.15) is 0 Å². The fraction of sp³-hybridized carbons (Fsp3) is 0.238. The van der Waals surface area contributed by atoms with Crippen LogP contribution in [0.15, 0.2) is 42.6 Å². The van der Waals surface area contributed by atoms with Crippen LogP contribution in [0.3, 0.4) is 0 Å². The number of hydrogen-bond donors (Lipinski definition) is 0. The van der Waals surface area contributed by atoms with Gasteiger partial charge in [0.25, 0.3) is 0 Å². The fourth-order valence-corrected chi connectivity index (χ4v) is 3.17. The number of hydrogen-bond acceptors (Lipinski definition) is 3. The molecule has 0 radical (unpaired) electrons. The molecule has 0 fully saturated rings. The molecule has 1 aromatic carbocycles. The number of benzene rings is 1. The minimum Gasteiger partial charge on any atom is -0.462 e. The Bertz CT molecular complexity index is 965. The molecule has 0 aliphatic heterocycles. The number of aryl methyl sites for hydroxylation is 1.